The highest BCUT2D eigenvalue weighted by Gasteiger charge is 2.63. The minimum Gasteiger partial charge on any atom is -0.465 e. The van der Waals surface area contributed by atoms with Crippen LogP contribution in [-0.2, 0) is 23.9 Å². The molecule has 4 aliphatic rings. The maximum Gasteiger partial charge on any atom is 0.334 e. The van der Waals surface area contributed by atoms with E-state index in [1.807, 2.05) is 13.0 Å². The van der Waals surface area contributed by atoms with Gasteiger partial charge in [0.05, 0.1) is 13.0 Å². The van der Waals surface area contributed by atoms with Gasteiger partial charge in [-0.15, -0.1) is 0 Å². The molecule has 5 nitrogen and oxygen atoms in total. The van der Waals surface area contributed by atoms with Gasteiger partial charge >= 0.3 is 11.9 Å². The van der Waals surface area contributed by atoms with Crippen molar-refractivity contribution in [2.24, 2.45) is 28.6 Å². The highest BCUT2D eigenvalue weighted by molar-refractivity contribution is 5.95. The monoisotopic (exact) mass is 346 g/mol. The van der Waals surface area contributed by atoms with E-state index >= 15 is 0 Å². The van der Waals surface area contributed by atoms with E-state index in [2.05, 4.69) is 6.92 Å². The molecule has 25 heavy (non-hydrogen) atoms. The van der Waals surface area contributed by atoms with E-state index in [-0.39, 0.29) is 40.9 Å². The van der Waals surface area contributed by atoms with E-state index in [1.54, 1.807) is 0 Å². The number of ketones is 1. The van der Waals surface area contributed by atoms with Gasteiger partial charge < -0.3 is 9.47 Å². The number of Topliss-reactive ketones (excluding diaryl/α,β-unsaturated/α-hetero) is 1. The first-order chi connectivity index (χ1) is 11.9. The molecule has 2 heterocycles. The lowest BCUT2D eigenvalue weighted by atomic mass is 9.46. The fourth-order valence-corrected chi connectivity index (χ4v) is 5.82. The number of esters is 2. The van der Waals surface area contributed by atoms with Gasteiger partial charge in [0, 0.05) is 29.2 Å². The van der Waals surface area contributed by atoms with Crippen LogP contribution in [0, 0.1) is 28.6 Å². The molecule has 5 atom stereocenters. The molecule has 0 amide bonds. The third-order valence-corrected chi connectivity index (χ3v) is 7.47. The van der Waals surface area contributed by atoms with Gasteiger partial charge in [0.15, 0.2) is 0 Å². The summed E-state index contributed by atoms with van der Waals surface area (Å²) in [7, 11) is 0. The molecule has 1 spiro atoms. The Morgan fingerprint density at radius 2 is 2.04 bits per heavy atom. The van der Waals surface area contributed by atoms with E-state index in [9.17, 15) is 14.4 Å². The maximum absolute atomic E-state index is 12.9. The number of carbonyl (C=O) groups is 3. The number of carbonyl (C=O) groups excluding carboxylic acids is 3. The first kappa shape index (κ1) is 16.8. The molecule has 2 saturated heterocycles. The molecular formula is C20H26O5. The number of cyclic esters (lactones) is 2. The van der Waals surface area contributed by atoms with Crippen LogP contribution < -0.4 is 0 Å². The highest BCUT2D eigenvalue weighted by atomic mass is 16.5. The summed E-state index contributed by atoms with van der Waals surface area (Å²) >= 11 is 0. The Balaban J connectivity index is 1.63. The van der Waals surface area contributed by atoms with Crippen molar-refractivity contribution in [3.8, 4) is 0 Å². The molecule has 0 radical (unpaired) electrons. The minimum absolute atomic E-state index is 0.0313. The van der Waals surface area contributed by atoms with Gasteiger partial charge in [0.1, 0.15) is 12.4 Å². The van der Waals surface area contributed by atoms with Crippen LogP contribution in [0.5, 0.6) is 0 Å². The Kier molecular flexibility index (Phi) is 3.82. The summed E-state index contributed by atoms with van der Waals surface area (Å²) < 4.78 is 10.5. The van der Waals surface area contributed by atoms with Crippen molar-refractivity contribution in [3.05, 3.63) is 11.6 Å². The van der Waals surface area contributed by atoms with Gasteiger partial charge in [-0.05, 0) is 37.0 Å². The molecule has 0 aromatic rings. The summed E-state index contributed by atoms with van der Waals surface area (Å²) in [4.78, 5) is 36.5. The predicted octanol–water partition coefficient (Wildman–Crippen LogP) is 2.82. The van der Waals surface area contributed by atoms with Crippen molar-refractivity contribution in [2.75, 3.05) is 13.2 Å². The van der Waals surface area contributed by atoms with Crippen LogP contribution in [0.3, 0.4) is 0 Å². The molecule has 0 aromatic carbocycles. The van der Waals surface area contributed by atoms with E-state index in [1.165, 1.54) is 0 Å². The van der Waals surface area contributed by atoms with Gasteiger partial charge in [0.2, 0.25) is 0 Å². The van der Waals surface area contributed by atoms with Crippen molar-refractivity contribution in [2.45, 2.75) is 52.4 Å². The topological polar surface area (TPSA) is 69.7 Å². The molecular weight excluding hydrogens is 320 g/mol. The van der Waals surface area contributed by atoms with E-state index < -0.39 is 5.41 Å². The fraction of sp³-hybridized carbons (Fsp3) is 0.750. The zero-order valence-corrected chi connectivity index (χ0v) is 15.0. The van der Waals surface area contributed by atoms with E-state index in [0.29, 0.717) is 26.1 Å². The molecule has 0 N–H and O–H groups in total. The van der Waals surface area contributed by atoms with Crippen LogP contribution in [0.4, 0.5) is 0 Å². The van der Waals surface area contributed by atoms with Gasteiger partial charge in [0.25, 0.3) is 0 Å². The number of hydrogen-bond donors (Lipinski definition) is 0. The van der Waals surface area contributed by atoms with Crippen molar-refractivity contribution >= 4 is 17.7 Å². The molecule has 136 valence electrons. The second kappa shape index (κ2) is 5.68. The van der Waals surface area contributed by atoms with Crippen LogP contribution in [-0.4, -0.2) is 30.9 Å². The van der Waals surface area contributed by atoms with Gasteiger partial charge in [-0.1, -0.05) is 19.9 Å². The predicted molar refractivity (Wildman–Crippen MR) is 89.4 cm³/mol. The smallest absolute Gasteiger partial charge is 0.334 e. The van der Waals surface area contributed by atoms with Crippen molar-refractivity contribution < 1.29 is 23.9 Å². The molecule has 0 unspecified atom stereocenters. The zero-order valence-electron chi connectivity index (χ0n) is 15.0. The van der Waals surface area contributed by atoms with Gasteiger partial charge in [-0.2, -0.15) is 0 Å². The molecule has 3 fully saturated rings. The minimum atomic E-state index is -0.421. The summed E-state index contributed by atoms with van der Waals surface area (Å²) in [5.74, 6) is 0.391. The lowest BCUT2D eigenvalue weighted by Gasteiger charge is -2.55. The summed E-state index contributed by atoms with van der Waals surface area (Å²) in [6, 6.07) is 0. The Morgan fingerprint density at radius 3 is 2.76 bits per heavy atom. The third-order valence-electron chi connectivity index (χ3n) is 7.47. The second-order valence-electron chi connectivity index (χ2n) is 8.64. The SMILES string of the molecule is C[C@@H]1C(=O)C[C@@]23COC(=O)C2=CCC[C@H]3[C@@]1(C)CC[C@@H]1COC(=O)C1. The summed E-state index contributed by atoms with van der Waals surface area (Å²) in [5.41, 5.74) is 0.152. The molecule has 4 rings (SSSR count). The highest BCUT2D eigenvalue weighted by Crippen LogP contribution is 2.63. The quantitative estimate of drug-likeness (QED) is 0.735. The van der Waals surface area contributed by atoms with E-state index in [4.69, 9.17) is 9.47 Å². The standard InChI is InChI=1S/C20H26O5/c1-12-15(21)9-20-11-25-18(23)14(20)4-3-5-16(20)19(12,2)7-6-13-8-17(22)24-10-13/h4,12-13,16H,3,5-11H2,1-2H3/t12-,13+,16+,19+,20-/m1/s1. The average molecular weight is 346 g/mol. The normalized spacial score (nSPS) is 43.2. The van der Waals surface area contributed by atoms with Crippen LogP contribution >= 0.6 is 0 Å². The Hall–Kier alpha value is -1.65. The van der Waals surface area contributed by atoms with Crippen molar-refractivity contribution in [3.63, 3.8) is 0 Å². The van der Waals surface area contributed by atoms with Gasteiger partial charge in [-0.25, -0.2) is 4.79 Å². The molecule has 1 saturated carbocycles. The lowest BCUT2D eigenvalue weighted by molar-refractivity contribution is -0.145. The first-order valence-corrected chi connectivity index (χ1v) is 9.43. The zero-order chi connectivity index (χ0) is 17.8. The van der Waals surface area contributed by atoms with Crippen molar-refractivity contribution in [1.82, 2.24) is 0 Å². The molecule has 2 aliphatic carbocycles. The Morgan fingerprint density at radius 1 is 1.24 bits per heavy atom. The molecule has 2 aliphatic heterocycles. The van der Waals surface area contributed by atoms with Crippen LogP contribution in [0.25, 0.3) is 0 Å². The Bertz CT molecular complexity index is 665. The van der Waals surface area contributed by atoms with E-state index in [0.717, 1.165) is 31.3 Å². The fourth-order valence-electron chi connectivity index (χ4n) is 5.82. The van der Waals surface area contributed by atoms with Gasteiger partial charge in [-0.3, -0.25) is 9.59 Å². The largest absolute Gasteiger partial charge is 0.465 e. The third kappa shape index (κ3) is 2.38. The average Bonchev–Trinajstić information content (AvgIpc) is 3.15. The summed E-state index contributed by atoms with van der Waals surface area (Å²) in [6.45, 7) is 5.10. The second-order valence-corrected chi connectivity index (χ2v) is 8.64. The number of rotatable bonds is 3. The van der Waals surface area contributed by atoms with Crippen LogP contribution in [0.2, 0.25) is 0 Å². The summed E-state index contributed by atoms with van der Waals surface area (Å²) in [5, 5.41) is 0. The maximum atomic E-state index is 12.9. The lowest BCUT2D eigenvalue weighted by Crippen LogP contribution is -2.55. The number of hydrogen-bond acceptors (Lipinski definition) is 5. The number of ether oxygens (including phenoxy) is 2. The van der Waals surface area contributed by atoms with Crippen molar-refractivity contribution in [1.29, 1.82) is 0 Å². The van der Waals surface area contributed by atoms with Crippen LogP contribution in [0.15, 0.2) is 11.6 Å². The first-order valence-electron chi connectivity index (χ1n) is 9.43. The Labute approximate surface area is 148 Å². The molecule has 0 aromatic heterocycles. The molecule has 0 bridgehead atoms. The number of allylic oxidation sites excluding steroid dienone is 1. The van der Waals surface area contributed by atoms with Crippen LogP contribution in [0.1, 0.15) is 52.4 Å². The molecule has 5 heteroatoms. The summed E-state index contributed by atoms with van der Waals surface area (Å²) in [6.07, 6.45) is 6.55.